The molecule has 0 radical (unpaired) electrons. The Morgan fingerprint density at radius 1 is 1.21 bits per heavy atom. The van der Waals surface area contributed by atoms with Gasteiger partial charge in [-0.3, -0.25) is 0 Å². The Kier molecular flexibility index (Phi) is 4.17. The van der Waals surface area contributed by atoms with Gasteiger partial charge in [-0.1, -0.05) is 0 Å². The van der Waals surface area contributed by atoms with E-state index in [1.807, 2.05) is 0 Å². The lowest BCUT2D eigenvalue weighted by molar-refractivity contribution is 0.178. The van der Waals surface area contributed by atoms with E-state index in [1.165, 1.54) is 0 Å². The molecule has 0 bridgehead atoms. The predicted molar refractivity (Wildman–Crippen MR) is 64.9 cm³/mol. The zero-order chi connectivity index (χ0) is 14.0. The van der Waals surface area contributed by atoms with E-state index in [1.54, 1.807) is 0 Å². The van der Waals surface area contributed by atoms with Gasteiger partial charge in [0.25, 0.3) is 0 Å². The van der Waals surface area contributed by atoms with Crippen LogP contribution >= 0.6 is 0 Å². The molecule has 1 aromatic rings. The zero-order valence-corrected chi connectivity index (χ0v) is 11.0. The fraction of sp³-hybridized carbons (Fsp3) is 0.500. The summed E-state index contributed by atoms with van der Waals surface area (Å²) in [5.41, 5.74) is 0. The molecule has 1 fully saturated rings. The van der Waals surface area contributed by atoms with Crippen molar-refractivity contribution in [2.45, 2.75) is 30.3 Å². The molecule has 19 heavy (non-hydrogen) atoms. The molecule has 106 valence electrons. The van der Waals surface area contributed by atoms with E-state index >= 15 is 0 Å². The average molecular weight is 291 g/mol. The molecular weight excluding hydrogens is 276 g/mol. The molecule has 0 spiro atoms. The Morgan fingerprint density at radius 3 is 2.37 bits per heavy atom. The standard InChI is InChI=1S/C12H15F2NO3S/c13-9-4-10(14)6-12(5-9)19(17,18)15-7-8-1-2-11(16)3-8/h4-6,8,11,15-16H,1-3,7H2. The van der Waals surface area contributed by atoms with Crippen LogP contribution in [0.1, 0.15) is 19.3 Å². The van der Waals surface area contributed by atoms with E-state index < -0.39 is 26.6 Å². The number of aliphatic hydroxyl groups excluding tert-OH is 1. The monoisotopic (exact) mass is 291 g/mol. The number of sulfonamides is 1. The lowest BCUT2D eigenvalue weighted by Crippen LogP contribution is -2.29. The first-order valence-corrected chi connectivity index (χ1v) is 7.49. The third kappa shape index (κ3) is 3.71. The van der Waals surface area contributed by atoms with Gasteiger partial charge in [-0.25, -0.2) is 21.9 Å². The number of halogens is 2. The highest BCUT2D eigenvalue weighted by Gasteiger charge is 2.25. The van der Waals surface area contributed by atoms with E-state index in [-0.39, 0.29) is 18.6 Å². The molecule has 0 aromatic heterocycles. The van der Waals surface area contributed by atoms with Crippen molar-refractivity contribution in [2.24, 2.45) is 5.92 Å². The molecule has 1 aliphatic carbocycles. The van der Waals surface area contributed by atoms with Gasteiger partial charge in [-0.05, 0) is 37.3 Å². The first-order valence-electron chi connectivity index (χ1n) is 6.00. The second kappa shape index (κ2) is 5.52. The molecule has 2 unspecified atom stereocenters. The van der Waals surface area contributed by atoms with E-state index in [9.17, 15) is 22.3 Å². The Hall–Kier alpha value is -1.05. The third-order valence-electron chi connectivity index (χ3n) is 3.22. The van der Waals surface area contributed by atoms with Crippen LogP contribution in [0, 0.1) is 17.6 Å². The normalized spacial score (nSPS) is 23.7. The number of aliphatic hydroxyl groups is 1. The Labute approximate surface area is 110 Å². The SMILES string of the molecule is O=S(=O)(NCC1CCC(O)C1)c1cc(F)cc(F)c1. The van der Waals surface area contributed by atoms with Crippen LogP contribution < -0.4 is 4.72 Å². The van der Waals surface area contributed by atoms with Crippen LogP contribution in [-0.2, 0) is 10.0 Å². The summed E-state index contributed by atoms with van der Waals surface area (Å²) in [5, 5.41) is 9.34. The maximum Gasteiger partial charge on any atom is 0.240 e. The van der Waals surface area contributed by atoms with Gasteiger partial charge >= 0.3 is 0 Å². The van der Waals surface area contributed by atoms with Gasteiger partial charge in [0.15, 0.2) is 0 Å². The van der Waals surface area contributed by atoms with Crippen molar-refractivity contribution in [1.29, 1.82) is 0 Å². The molecule has 0 saturated heterocycles. The molecular formula is C12H15F2NO3S. The number of nitrogens with one attached hydrogen (secondary N) is 1. The molecule has 2 N–H and O–H groups in total. The summed E-state index contributed by atoms with van der Waals surface area (Å²) >= 11 is 0. The maximum absolute atomic E-state index is 13.0. The van der Waals surface area contributed by atoms with E-state index in [2.05, 4.69) is 4.72 Å². The zero-order valence-electron chi connectivity index (χ0n) is 10.1. The second-order valence-corrected chi connectivity index (χ2v) is 6.56. The first kappa shape index (κ1) is 14.4. The van der Waals surface area contributed by atoms with Crippen LogP contribution in [0.15, 0.2) is 23.1 Å². The Morgan fingerprint density at radius 2 is 1.84 bits per heavy atom. The fourth-order valence-electron chi connectivity index (χ4n) is 2.23. The highest BCUT2D eigenvalue weighted by molar-refractivity contribution is 7.89. The van der Waals surface area contributed by atoms with E-state index in [4.69, 9.17) is 0 Å². The van der Waals surface area contributed by atoms with Crippen molar-refractivity contribution in [3.05, 3.63) is 29.8 Å². The van der Waals surface area contributed by atoms with Crippen LogP contribution in [0.4, 0.5) is 8.78 Å². The van der Waals surface area contributed by atoms with Crippen molar-refractivity contribution in [3.8, 4) is 0 Å². The molecule has 1 aliphatic rings. The van der Waals surface area contributed by atoms with E-state index in [0.717, 1.165) is 18.6 Å². The number of benzene rings is 1. The minimum Gasteiger partial charge on any atom is -0.393 e. The van der Waals surface area contributed by atoms with Crippen LogP contribution in [-0.4, -0.2) is 26.2 Å². The number of rotatable bonds is 4. The van der Waals surface area contributed by atoms with Gasteiger partial charge in [-0.15, -0.1) is 0 Å². The topological polar surface area (TPSA) is 66.4 Å². The summed E-state index contributed by atoms with van der Waals surface area (Å²) < 4.78 is 52.0. The Balaban J connectivity index is 2.05. The van der Waals surface area contributed by atoms with Gasteiger partial charge in [-0.2, -0.15) is 0 Å². The van der Waals surface area contributed by atoms with Crippen molar-refractivity contribution in [1.82, 2.24) is 4.72 Å². The molecule has 0 heterocycles. The summed E-state index contributed by atoms with van der Waals surface area (Å²) in [4.78, 5) is -0.427. The summed E-state index contributed by atoms with van der Waals surface area (Å²) in [7, 11) is -3.92. The average Bonchev–Trinajstić information content (AvgIpc) is 2.71. The predicted octanol–water partition coefficient (Wildman–Crippen LogP) is 1.40. The van der Waals surface area contributed by atoms with Crippen molar-refractivity contribution in [3.63, 3.8) is 0 Å². The van der Waals surface area contributed by atoms with Gasteiger partial charge in [0.05, 0.1) is 11.0 Å². The van der Waals surface area contributed by atoms with Crippen molar-refractivity contribution in [2.75, 3.05) is 6.54 Å². The molecule has 4 nitrogen and oxygen atoms in total. The molecule has 2 atom stereocenters. The second-order valence-electron chi connectivity index (χ2n) is 4.79. The molecule has 1 aromatic carbocycles. The lowest BCUT2D eigenvalue weighted by Gasteiger charge is -2.11. The lowest BCUT2D eigenvalue weighted by atomic mass is 10.1. The minimum absolute atomic E-state index is 0.0585. The van der Waals surface area contributed by atoms with Gasteiger partial charge in [0.1, 0.15) is 11.6 Å². The molecule has 1 saturated carbocycles. The van der Waals surface area contributed by atoms with Gasteiger partial charge < -0.3 is 5.11 Å². The largest absolute Gasteiger partial charge is 0.393 e. The summed E-state index contributed by atoms with van der Waals surface area (Å²) in [6.45, 7) is 0.164. The molecule has 0 aliphatic heterocycles. The van der Waals surface area contributed by atoms with Crippen LogP contribution in [0.2, 0.25) is 0 Å². The van der Waals surface area contributed by atoms with E-state index in [0.29, 0.717) is 18.9 Å². The summed E-state index contributed by atoms with van der Waals surface area (Å²) in [6.07, 6.45) is 1.54. The number of hydrogen-bond donors (Lipinski definition) is 2. The summed E-state index contributed by atoms with van der Waals surface area (Å²) in [6, 6.07) is 2.16. The Bertz CT molecular complexity index is 542. The van der Waals surface area contributed by atoms with Gasteiger partial charge in [0.2, 0.25) is 10.0 Å². The summed E-state index contributed by atoms with van der Waals surface area (Å²) in [5.74, 6) is -1.81. The van der Waals surface area contributed by atoms with Crippen LogP contribution in [0.3, 0.4) is 0 Å². The smallest absolute Gasteiger partial charge is 0.240 e. The van der Waals surface area contributed by atoms with Gasteiger partial charge in [0, 0.05) is 12.6 Å². The highest BCUT2D eigenvalue weighted by atomic mass is 32.2. The maximum atomic E-state index is 13.0. The number of hydrogen-bond acceptors (Lipinski definition) is 3. The third-order valence-corrected chi connectivity index (χ3v) is 4.62. The first-order chi connectivity index (χ1) is 8.87. The minimum atomic E-state index is -3.92. The van der Waals surface area contributed by atoms with Crippen molar-refractivity contribution < 1.29 is 22.3 Å². The quantitative estimate of drug-likeness (QED) is 0.881. The fourth-order valence-corrected chi connectivity index (χ4v) is 3.39. The van der Waals surface area contributed by atoms with Crippen LogP contribution in [0.25, 0.3) is 0 Å². The molecule has 7 heteroatoms. The highest BCUT2D eigenvalue weighted by Crippen LogP contribution is 2.25. The van der Waals surface area contributed by atoms with Crippen LogP contribution in [0.5, 0.6) is 0 Å². The molecule has 2 rings (SSSR count). The molecule has 0 amide bonds. The van der Waals surface area contributed by atoms with Crippen molar-refractivity contribution >= 4 is 10.0 Å².